The van der Waals surface area contributed by atoms with Crippen molar-refractivity contribution in [2.45, 2.75) is 26.7 Å². The molecule has 0 amide bonds. The predicted molar refractivity (Wildman–Crippen MR) is 47.9 cm³/mol. The van der Waals surface area contributed by atoms with Crippen molar-refractivity contribution in [2.75, 3.05) is 6.61 Å². The second-order valence-electron chi connectivity index (χ2n) is 2.46. The van der Waals surface area contributed by atoms with Gasteiger partial charge in [-0.3, -0.25) is 0 Å². The van der Waals surface area contributed by atoms with E-state index in [0.29, 0.717) is 6.61 Å². The largest absolute Gasteiger partial charge is 0.499 e. The Morgan fingerprint density at radius 3 is 2.73 bits per heavy atom. The lowest BCUT2D eigenvalue weighted by Crippen LogP contribution is -1.92. The first-order valence-electron chi connectivity index (χ1n) is 3.89. The predicted octanol–water partition coefficient (Wildman–Crippen LogP) is 2.18. The molecule has 0 aromatic rings. The molecular weight excluding hydrogens is 138 g/mol. The minimum Gasteiger partial charge on any atom is -0.499 e. The molecule has 0 aliphatic heterocycles. The third kappa shape index (κ3) is 6.97. The molecule has 2 heteroatoms. The maximum Gasteiger partial charge on any atom is 0.0891 e. The second-order valence-corrected chi connectivity index (χ2v) is 2.46. The first-order chi connectivity index (χ1) is 5.16. The Balaban J connectivity index is 3.39. The monoisotopic (exact) mass is 155 g/mol. The van der Waals surface area contributed by atoms with Gasteiger partial charge in [0, 0.05) is 12.1 Å². The van der Waals surface area contributed by atoms with Gasteiger partial charge in [0.05, 0.1) is 12.4 Å². The fraction of sp³-hybridized carbons (Fsp3) is 0.556. The van der Waals surface area contributed by atoms with Gasteiger partial charge in [0.2, 0.25) is 0 Å². The molecular formula is C9H17NO. The maximum atomic E-state index is 5.44. The minimum atomic E-state index is 0.699. The van der Waals surface area contributed by atoms with Gasteiger partial charge in [-0.15, -0.1) is 0 Å². The Bertz CT molecular complexity index is 146. The first kappa shape index (κ1) is 10.1. The molecule has 0 bridgehead atoms. The van der Waals surface area contributed by atoms with Crippen LogP contribution in [-0.2, 0) is 4.74 Å². The van der Waals surface area contributed by atoms with E-state index in [1.807, 2.05) is 19.9 Å². The van der Waals surface area contributed by atoms with Gasteiger partial charge in [0.1, 0.15) is 0 Å². The highest BCUT2D eigenvalue weighted by molar-refractivity contribution is 4.94. The fourth-order valence-corrected chi connectivity index (χ4v) is 0.737. The molecule has 0 aliphatic carbocycles. The highest BCUT2D eigenvalue weighted by Gasteiger charge is 1.90. The van der Waals surface area contributed by atoms with Crippen molar-refractivity contribution >= 4 is 0 Å². The van der Waals surface area contributed by atoms with E-state index in [1.165, 1.54) is 0 Å². The summed E-state index contributed by atoms with van der Waals surface area (Å²) in [7, 11) is 0. The van der Waals surface area contributed by atoms with Gasteiger partial charge in [-0.05, 0) is 20.3 Å². The number of nitrogens with two attached hydrogens (primary N) is 1. The number of rotatable bonds is 5. The molecule has 2 nitrogen and oxygen atoms in total. The number of hydrogen-bond donors (Lipinski definition) is 1. The molecule has 0 unspecified atom stereocenters. The van der Waals surface area contributed by atoms with Crippen molar-refractivity contribution in [1.82, 2.24) is 0 Å². The zero-order valence-corrected chi connectivity index (χ0v) is 7.39. The first-order valence-corrected chi connectivity index (χ1v) is 3.89. The van der Waals surface area contributed by atoms with E-state index in [0.717, 1.165) is 24.3 Å². The van der Waals surface area contributed by atoms with Crippen LogP contribution in [-0.4, -0.2) is 6.61 Å². The van der Waals surface area contributed by atoms with Gasteiger partial charge in [-0.1, -0.05) is 12.7 Å². The van der Waals surface area contributed by atoms with Crippen LogP contribution in [0, 0.1) is 0 Å². The average Bonchev–Trinajstić information content (AvgIpc) is 1.87. The molecule has 0 aromatic carbocycles. The minimum absolute atomic E-state index is 0.699. The van der Waals surface area contributed by atoms with E-state index in [9.17, 15) is 0 Å². The molecule has 0 atom stereocenters. The number of hydrogen-bond acceptors (Lipinski definition) is 2. The van der Waals surface area contributed by atoms with E-state index in [-0.39, 0.29) is 0 Å². The van der Waals surface area contributed by atoms with Crippen molar-refractivity contribution < 1.29 is 4.74 Å². The Labute approximate surface area is 68.7 Å². The summed E-state index contributed by atoms with van der Waals surface area (Å²) in [5, 5.41) is 0. The molecule has 0 rings (SSSR count). The highest BCUT2D eigenvalue weighted by Crippen LogP contribution is 2.04. The Morgan fingerprint density at radius 2 is 2.27 bits per heavy atom. The van der Waals surface area contributed by atoms with Gasteiger partial charge in [0.15, 0.2) is 0 Å². The van der Waals surface area contributed by atoms with Crippen LogP contribution in [0.25, 0.3) is 0 Å². The summed E-state index contributed by atoms with van der Waals surface area (Å²) in [5.74, 6) is 0.838. The summed E-state index contributed by atoms with van der Waals surface area (Å²) >= 11 is 0. The van der Waals surface area contributed by atoms with E-state index in [2.05, 4.69) is 6.58 Å². The molecule has 0 fully saturated rings. The van der Waals surface area contributed by atoms with Crippen LogP contribution in [0.1, 0.15) is 26.7 Å². The molecule has 0 spiro atoms. The van der Waals surface area contributed by atoms with E-state index < -0.39 is 0 Å². The standard InChI is InChI=1S/C9H17NO/c1-4-11-9(3)7-5-6-8(2)10/h6H,3-5,7,10H2,1-2H3/b8-6+. The Morgan fingerprint density at radius 1 is 1.64 bits per heavy atom. The second kappa shape index (κ2) is 5.83. The highest BCUT2D eigenvalue weighted by atomic mass is 16.5. The smallest absolute Gasteiger partial charge is 0.0891 e. The van der Waals surface area contributed by atoms with E-state index >= 15 is 0 Å². The van der Waals surface area contributed by atoms with Crippen LogP contribution in [0.15, 0.2) is 24.1 Å². The summed E-state index contributed by atoms with van der Waals surface area (Å²) in [4.78, 5) is 0. The lowest BCUT2D eigenvalue weighted by Gasteiger charge is -2.03. The number of ether oxygens (including phenoxy) is 1. The maximum absolute atomic E-state index is 5.44. The summed E-state index contributed by atoms with van der Waals surface area (Å²) in [6, 6.07) is 0. The molecule has 0 radical (unpaired) electrons. The SMILES string of the molecule is C=C(CC/C=C(\C)N)OCC. The third-order valence-electron chi connectivity index (χ3n) is 1.24. The van der Waals surface area contributed by atoms with Gasteiger partial charge >= 0.3 is 0 Å². The van der Waals surface area contributed by atoms with Crippen LogP contribution >= 0.6 is 0 Å². The van der Waals surface area contributed by atoms with Crippen LogP contribution in [0.2, 0.25) is 0 Å². The Kier molecular flexibility index (Phi) is 5.35. The molecule has 0 aliphatic rings. The molecule has 64 valence electrons. The quantitative estimate of drug-likeness (QED) is 0.617. The topological polar surface area (TPSA) is 35.2 Å². The van der Waals surface area contributed by atoms with Gasteiger partial charge in [-0.25, -0.2) is 0 Å². The summed E-state index contributed by atoms with van der Waals surface area (Å²) < 4.78 is 5.16. The van der Waals surface area contributed by atoms with Crippen molar-refractivity contribution in [3.05, 3.63) is 24.1 Å². The lowest BCUT2D eigenvalue weighted by molar-refractivity contribution is 0.220. The summed E-state index contributed by atoms with van der Waals surface area (Å²) in [6.45, 7) is 8.28. The summed E-state index contributed by atoms with van der Waals surface area (Å²) in [5.41, 5.74) is 6.30. The molecule has 0 heterocycles. The molecule has 0 saturated heterocycles. The van der Waals surface area contributed by atoms with Crippen molar-refractivity contribution in [1.29, 1.82) is 0 Å². The van der Waals surface area contributed by atoms with Crippen LogP contribution < -0.4 is 5.73 Å². The van der Waals surface area contributed by atoms with Crippen LogP contribution in [0.4, 0.5) is 0 Å². The summed E-state index contributed by atoms with van der Waals surface area (Å²) in [6.07, 6.45) is 3.76. The lowest BCUT2D eigenvalue weighted by atomic mass is 10.2. The molecule has 11 heavy (non-hydrogen) atoms. The van der Waals surface area contributed by atoms with Gasteiger partial charge in [0.25, 0.3) is 0 Å². The Hall–Kier alpha value is -0.920. The average molecular weight is 155 g/mol. The zero-order chi connectivity index (χ0) is 8.69. The van der Waals surface area contributed by atoms with Crippen molar-refractivity contribution in [2.24, 2.45) is 5.73 Å². The van der Waals surface area contributed by atoms with Crippen LogP contribution in [0.3, 0.4) is 0 Å². The van der Waals surface area contributed by atoms with E-state index in [1.54, 1.807) is 0 Å². The molecule has 0 saturated carbocycles. The molecule has 2 N–H and O–H groups in total. The van der Waals surface area contributed by atoms with Gasteiger partial charge in [-0.2, -0.15) is 0 Å². The fourth-order valence-electron chi connectivity index (χ4n) is 0.737. The zero-order valence-electron chi connectivity index (χ0n) is 7.39. The normalized spacial score (nSPS) is 11.3. The number of allylic oxidation sites excluding steroid dienone is 3. The van der Waals surface area contributed by atoms with E-state index in [4.69, 9.17) is 10.5 Å². The van der Waals surface area contributed by atoms with Crippen molar-refractivity contribution in [3.63, 3.8) is 0 Å². The van der Waals surface area contributed by atoms with Gasteiger partial charge < -0.3 is 10.5 Å². The third-order valence-corrected chi connectivity index (χ3v) is 1.24. The molecule has 0 aromatic heterocycles. The van der Waals surface area contributed by atoms with Crippen molar-refractivity contribution in [3.8, 4) is 0 Å². The van der Waals surface area contributed by atoms with Crippen LogP contribution in [0.5, 0.6) is 0 Å².